The molecule has 0 aliphatic heterocycles. The van der Waals surface area contributed by atoms with Crippen molar-refractivity contribution in [3.05, 3.63) is 62.2 Å². The second kappa shape index (κ2) is 12.5. The van der Waals surface area contributed by atoms with Crippen LogP contribution in [0, 0.1) is 11.7 Å². The second-order valence-electron chi connectivity index (χ2n) is 9.19. The van der Waals surface area contributed by atoms with E-state index in [1.165, 1.54) is 25.4 Å². The average Bonchev–Trinajstić information content (AvgIpc) is 2.81. The summed E-state index contributed by atoms with van der Waals surface area (Å²) in [6, 6.07) is 3.16. The van der Waals surface area contributed by atoms with Gasteiger partial charge in [0.2, 0.25) is 5.91 Å². The van der Waals surface area contributed by atoms with Crippen LogP contribution >= 0.6 is 0 Å². The van der Waals surface area contributed by atoms with Crippen LogP contribution in [0.15, 0.2) is 39.1 Å². The molecule has 1 aromatic carbocycles. The van der Waals surface area contributed by atoms with Crippen molar-refractivity contribution < 1.29 is 23.9 Å². The molecular weight excluding hydrogens is 471 g/mol. The van der Waals surface area contributed by atoms with Crippen LogP contribution in [-0.4, -0.2) is 45.1 Å². The van der Waals surface area contributed by atoms with E-state index in [4.69, 9.17) is 9.57 Å². The number of hydrogen-bond donors (Lipinski definition) is 2. The molecule has 0 bridgehead atoms. The largest absolute Gasteiger partial charge is 0.496 e. The molecule has 2 N–H and O–H groups in total. The maximum Gasteiger partial charge on any atom is 0.331 e. The number of methoxy groups -OCH3 is 1. The SMILES string of the molecule is COc1ccc(F)cc1C(O)Cn1cc(/C(C)=N/OC(C)C)c(=O)n(CC(C)NC(=O)C(C)C)c1=O. The highest BCUT2D eigenvalue weighted by molar-refractivity contribution is 5.97. The number of ether oxygens (including phenoxy) is 1. The van der Waals surface area contributed by atoms with Crippen molar-refractivity contribution in [1.29, 1.82) is 0 Å². The average molecular weight is 507 g/mol. The van der Waals surface area contributed by atoms with E-state index in [0.717, 1.165) is 15.2 Å². The first kappa shape index (κ1) is 28.8. The Morgan fingerprint density at radius 2 is 1.83 bits per heavy atom. The molecule has 2 atom stereocenters. The number of aromatic nitrogens is 2. The molecule has 36 heavy (non-hydrogen) atoms. The summed E-state index contributed by atoms with van der Waals surface area (Å²) in [5.41, 5.74) is -0.867. The number of nitrogens with one attached hydrogen (secondary N) is 1. The van der Waals surface area contributed by atoms with Crippen molar-refractivity contribution in [1.82, 2.24) is 14.5 Å². The minimum atomic E-state index is -1.32. The van der Waals surface area contributed by atoms with E-state index in [9.17, 15) is 23.9 Å². The third-order valence-corrected chi connectivity index (χ3v) is 5.32. The molecule has 0 aliphatic rings. The Hall–Kier alpha value is -3.47. The minimum Gasteiger partial charge on any atom is -0.496 e. The molecule has 0 radical (unpaired) electrons. The van der Waals surface area contributed by atoms with Gasteiger partial charge >= 0.3 is 5.69 Å². The number of aliphatic hydroxyl groups excluding tert-OH is 1. The predicted molar refractivity (Wildman–Crippen MR) is 134 cm³/mol. The highest BCUT2D eigenvalue weighted by atomic mass is 19.1. The van der Waals surface area contributed by atoms with E-state index in [2.05, 4.69) is 10.5 Å². The van der Waals surface area contributed by atoms with Gasteiger partial charge in [-0.3, -0.25) is 18.7 Å². The maximum absolute atomic E-state index is 13.9. The van der Waals surface area contributed by atoms with Crippen molar-refractivity contribution in [2.24, 2.45) is 11.1 Å². The molecule has 1 aromatic heterocycles. The van der Waals surface area contributed by atoms with Crippen LogP contribution in [0.5, 0.6) is 5.75 Å². The van der Waals surface area contributed by atoms with Gasteiger partial charge in [-0.15, -0.1) is 0 Å². The predicted octanol–water partition coefficient (Wildman–Crippen LogP) is 2.20. The summed E-state index contributed by atoms with van der Waals surface area (Å²) in [5.74, 6) is -0.820. The van der Waals surface area contributed by atoms with Crippen molar-refractivity contribution in [3.8, 4) is 5.75 Å². The van der Waals surface area contributed by atoms with Crippen molar-refractivity contribution in [2.75, 3.05) is 7.11 Å². The third kappa shape index (κ3) is 7.27. The zero-order valence-electron chi connectivity index (χ0n) is 21.7. The lowest BCUT2D eigenvalue weighted by molar-refractivity contribution is -0.124. The molecule has 0 spiro atoms. The summed E-state index contributed by atoms with van der Waals surface area (Å²) in [4.78, 5) is 43.9. The number of amides is 1. The van der Waals surface area contributed by atoms with Gasteiger partial charge in [0.25, 0.3) is 5.56 Å². The number of aliphatic hydroxyl groups is 1. The summed E-state index contributed by atoms with van der Waals surface area (Å²) in [5, 5.41) is 17.6. The molecule has 2 rings (SSSR count). The number of oxime groups is 1. The Morgan fingerprint density at radius 3 is 2.42 bits per heavy atom. The van der Waals surface area contributed by atoms with E-state index in [0.29, 0.717) is 0 Å². The number of rotatable bonds is 11. The van der Waals surface area contributed by atoms with Crippen LogP contribution in [0.1, 0.15) is 58.8 Å². The topological polar surface area (TPSA) is 124 Å². The lowest BCUT2D eigenvalue weighted by Crippen LogP contribution is -2.48. The van der Waals surface area contributed by atoms with Gasteiger partial charge in [-0.25, -0.2) is 9.18 Å². The number of halogens is 1. The second-order valence-corrected chi connectivity index (χ2v) is 9.19. The molecule has 2 unspecified atom stereocenters. The third-order valence-electron chi connectivity index (χ3n) is 5.32. The smallest absolute Gasteiger partial charge is 0.331 e. The maximum atomic E-state index is 13.9. The zero-order valence-corrected chi connectivity index (χ0v) is 21.7. The van der Waals surface area contributed by atoms with Gasteiger partial charge in [-0.05, 0) is 45.9 Å². The highest BCUT2D eigenvalue weighted by Crippen LogP contribution is 2.26. The van der Waals surface area contributed by atoms with Gasteiger partial charge in [-0.1, -0.05) is 19.0 Å². The van der Waals surface area contributed by atoms with Crippen LogP contribution in [0.25, 0.3) is 0 Å². The van der Waals surface area contributed by atoms with E-state index in [-0.39, 0.29) is 53.6 Å². The van der Waals surface area contributed by atoms with Crippen molar-refractivity contribution in [2.45, 2.75) is 72.9 Å². The fraction of sp³-hybridized carbons (Fsp3) is 0.520. The minimum absolute atomic E-state index is 0.0797. The van der Waals surface area contributed by atoms with E-state index < -0.39 is 29.2 Å². The summed E-state index contributed by atoms with van der Waals surface area (Å²) in [7, 11) is 1.38. The first-order valence-corrected chi connectivity index (χ1v) is 11.7. The molecule has 10 nitrogen and oxygen atoms in total. The molecule has 0 fully saturated rings. The fourth-order valence-corrected chi connectivity index (χ4v) is 3.41. The zero-order chi connectivity index (χ0) is 27.2. The molecule has 198 valence electrons. The van der Waals surface area contributed by atoms with E-state index in [1.807, 2.05) is 0 Å². The summed E-state index contributed by atoms with van der Waals surface area (Å²) >= 11 is 0. The molecule has 1 amide bonds. The Balaban J connectivity index is 2.57. The number of carbonyl (C=O) groups is 1. The van der Waals surface area contributed by atoms with E-state index >= 15 is 0 Å². The molecule has 1 heterocycles. The molecule has 0 aliphatic carbocycles. The van der Waals surface area contributed by atoms with Gasteiger partial charge < -0.3 is 20.0 Å². The van der Waals surface area contributed by atoms with Gasteiger partial charge in [0, 0.05) is 23.7 Å². The van der Waals surface area contributed by atoms with Crippen LogP contribution in [-0.2, 0) is 22.7 Å². The number of carbonyl (C=O) groups excluding carboxylic acids is 1. The first-order valence-electron chi connectivity index (χ1n) is 11.7. The lowest BCUT2D eigenvalue weighted by atomic mass is 10.1. The number of benzene rings is 1. The Labute approximate surface area is 209 Å². The van der Waals surface area contributed by atoms with Gasteiger partial charge in [0.1, 0.15) is 23.8 Å². The number of hydrogen-bond acceptors (Lipinski definition) is 7. The molecule has 0 saturated carbocycles. The van der Waals surface area contributed by atoms with Crippen molar-refractivity contribution >= 4 is 11.6 Å². The van der Waals surface area contributed by atoms with Crippen LogP contribution in [0.4, 0.5) is 4.39 Å². The number of nitrogens with zero attached hydrogens (tertiary/aromatic N) is 3. The van der Waals surface area contributed by atoms with Crippen LogP contribution in [0.3, 0.4) is 0 Å². The molecular formula is C25H35FN4O6. The Kier molecular flexibility index (Phi) is 9.97. The normalized spacial score (nSPS) is 13.6. The monoisotopic (exact) mass is 506 g/mol. The summed E-state index contributed by atoms with van der Waals surface area (Å²) in [6.45, 7) is 9.86. The molecule has 11 heteroatoms. The molecule has 0 saturated heterocycles. The Morgan fingerprint density at radius 1 is 1.17 bits per heavy atom. The van der Waals surface area contributed by atoms with Gasteiger partial charge in [-0.2, -0.15) is 0 Å². The highest BCUT2D eigenvalue weighted by Gasteiger charge is 2.21. The lowest BCUT2D eigenvalue weighted by Gasteiger charge is -2.20. The molecule has 2 aromatic rings. The Bertz CT molecular complexity index is 1220. The quantitative estimate of drug-likeness (QED) is 0.356. The van der Waals surface area contributed by atoms with Crippen molar-refractivity contribution in [3.63, 3.8) is 0 Å². The van der Waals surface area contributed by atoms with Crippen LogP contribution in [0.2, 0.25) is 0 Å². The van der Waals surface area contributed by atoms with Crippen LogP contribution < -0.4 is 21.3 Å². The standard InChI is InChI=1S/C25H35FN4O6/c1-14(2)23(32)27-16(5)11-30-24(33)20(17(6)28-36-15(3)4)12-29(25(30)34)13-21(31)19-10-18(26)8-9-22(19)35-7/h8-10,12,14-16,21,31H,11,13H2,1-7H3,(H,27,32)/b28-17+. The first-order chi connectivity index (χ1) is 16.8. The summed E-state index contributed by atoms with van der Waals surface area (Å²) < 4.78 is 21.2. The fourth-order valence-electron chi connectivity index (χ4n) is 3.41. The summed E-state index contributed by atoms with van der Waals surface area (Å²) in [6.07, 6.45) is -0.272. The van der Waals surface area contributed by atoms with Gasteiger partial charge in [0.05, 0.1) is 31.5 Å². The van der Waals surface area contributed by atoms with Gasteiger partial charge in [0.15, 0.2) is 0 Å². The van der Waals surface area contributed by atoms with E-state index in [1.54, 1.807) is 41.5 Å².